The van der Waals surface area contributed by atoms with Crippen molar-refractivity contribution in [1.82, 2.24) is 10.8 Å². The molecule has 2 amide bonds. The lowest BCUT2D eigenvalue weighted by molar-refractivity contribution is -0.132. The summed E-state index contributed by atoms with van der Waals surface area (Å²) in [5, 5.41) is 2.41. The van der Waals surface area contributed by atoms with Crippen molar-refractivity contribution in [3.8, 4) is 11.1 Å². The molecule has 0 radical (unpaired) electrons. The Hall–Kier alpha value is -2.86. The van der Waals surface area contributed by atoms with E-state index in [2.05, 4.69) is 35.1 Å². The zero-order valence-electron chi connectivity index (χ0n) is 14.0. The summed E-state index contributed by atoms with van der Waals surface area (Å²) < 4.78 is 5.32. The minimum atomic E-state index is -0.631. The molecule has 6 nitrogen and oxygen atoms in total. The standard InChI is InChI=1S/C19H20N2O4/c1-2-25-21-18(22)11-20-19(23)24-12-17-15-9-5-3-7-13(15)14-8-4-6-10-16(14)17/h3-10,17H,2,11-12H2,1H3,(H,20,23)(H,21,22). The fourth-order valence-corrected chi connectivity index (χ4v) is 2.99. The molecule has 0 fully saturated rings. The third kappa shape index (κ3) is 3.80. The van der Waals surface area contributed by atoms with Crippen LogP contribution in [0.3, 0.4) is 0 Å². The van der Waals surface area contributed by atoms with Crippen molar-refractivity contribution in [3.63, 3.8) is 0 Å². The van der Waals surface area contributed by atoms with E-state index in [1.807, 2.05) is 24.3 Å². The number of hydrogen-bond donors (Lipinski definition) is 2. The molecule has 0 bridgehead atoms. The van der Waals surface area contributed by atoms with E-state index in [9.17, 15) is 9.59 Å². The first-order valence-corrected chi connectivity index (χ1v) is 8.20. The van der Waals surface area contributed by atoms with Crippen LogP contribution in [0, 0.1) is 0 Å². The van der Waals surface area contributed by atoms with Gasteiger partial charge in [0.1, 0.15) is 13.2 Å². The average molecular weight is 340 g/mol. The molecule has 6 heteroatoms. The van der Waals surface area contributed by atoms with E-state index in [-0.39, 0.29) is 19.1 Å². The largest absolute Gasteiger partial charge is 0.449 e. The van der Waals surface area contributed by atoms with Crippen LogP contribution in [0.1, 0.15) is 24.0 Å². The van der Waals surface area contributed by atoms with Gasteiger partial charge in [-0.2, -0.15) is 0 Å². The Labute approximate surface area is 146 Å². The third-order valence-electron chi connectivity index (χ3n) is 4.07. The van der Waals surface area contributed by atoms with E-state index < -0.39 is 12.0 Å². The number of alkyl carbamates (subject to hydrolysis) is 1. The number of fused-ring (bicyclic) bond motifs is 3. The maximum absolute atomic E-state index is 11.8. The number of hydroxylamine groups is 1. The van der Waals surface area contributed by atoms with Crippen LogP contribution < -0.4 is 10.8 Å². The number of rotatable bonds is 6. The monoisotopic (exact) mass is 340 g/mol. The Morgan fingerprint density at radius 1 is 1.00 bits per heavy atom. The van der Waals surface area contributed by atoms with Gasteiger partial charge in [-0.15, -0.1) is 0 Å². The summed E-state index contributed by atoms with van der Waals surface area (Å²) >= 11 is 0. The van der Waals surface area contributed by atoms with Gasteiger partial charge in [0.05, 0.1) is 6.61 Å². The fourth-order valence-electron chi connectivity index (χ4n) is 2.99. The minimum Gasteiger partial charge on any atom is -0.449 e. The Morgan fingerprint density at radius 2 is 1.60 bits per heavy atom. The molecule has 3 rings (SSSR count). The van der Waals surface area contributed by atoms with Gasteiger partial charge in [0, 0.05) is 5.92 Å². The summed E-state index contributed by atoms with van der Waals surface area (Å²) in [6.07, 6.45) is -0.631. The number of nitrogens with one attached hydrogen (secondary N) is 2. The van der Waals surface area contributed by atoms with E-state index >= 15 is 0 Å². The number of amides is 2. The van der Waals surface area contributed by atoms with E-state index in [1.165, 1.54) is 11.1 Å². The van der Waals surface area contributed by atoms with Gasteiger partial charge in [-0.1, -0.05) is 48.5 Å². The Kier molecular flexibility index (Phi) is 5.30. The summed E-state index contributed by atoms with van der Waals surface area (Å²) in [6.45, 7) is 2.12. The van der Waals surface area contributed by atoms with Crippen LogP contribution in [0.15, 0.2) is 48.5 Å². The third-order valence-corrected chi connectivity index (χ3v) is 4.07. The van der Waals surface area contributed by atoms with Gasteiger partial charge in [-0.05, 0) is 29.2 Å². The summed E-state index contributed by atoms with van der Waals surface area (Å²) in [5.74, 6) is -0.439. The van der Waals surface area contributed by atoms with Crippen molar-refractivity contribution in [2.24, 2.45) is 0 Å². The average Bonchev–Trinajstić information content (AvgIpc) is 2.97. The molecule has 0 saturated heterocycles. The maximum Gasteiger partial charge on any atom is 0.407 e. The molecule has 0 aliphatic heterocycles. The fraction of sp³-hybridized carbons (Fsp3) is 0.263. The molecule has 1 aliphatic carbocycles. The van der Waals surface area contributed by atoms with Gasteiger partial charge >= 0.3 is 6.09 Å². The minimum absolute atomic E-state index is 0.00426. The number of ether oxygens (including phenoxy) is 1. The van der Waals surface area contributed by atoms with Crippen molar-refractivity contribution in [2.75, 3.05) is 19.8 Å². The molecule has 0 atom stereocenters. The van der Waals surface area contributed by atoms with E-state index in [4.69, 9.17) is 9.57 Å². The summed E-state index contributed by atoms with van der Waals surface area (Å²) in [6, 6.07) is 16.2. The highest BCUT2D eigenvalue weighted by atomic mass is 16.6. The van der Waals surface area contributed by atoms with Crippen LogP contribution in [0.4, 0.5) is 4.79 Å². The van der Waals surface area contributed by atoms with Crippen molar-refractivity contribution in [3.05, 3.63) is 59.7 Å². The highest BCUT2D eigenvalue weighted by molar-refractivity contribution is 5.81. The first kappa shape index (κ1) is 17.0. The van der Waals surface area contributed by atoms with Crippen LogP contribution in [0.2, 0.25) is 0 Å². The Morgan fingerprint density at radius 3 is 2.20 bits per heavy atom. The highest BCUT2D eigenvalue weighted by Crippen LogP contribution is 2.44. The topological polar surface area (TPSA) is 76.7 Å². The number of carbonyl (C=O) groups excluding carboxylic acids is 2. The van der Waals surface area contributed by atoms with Crippen LogP contribution in [0.5, 0.6) is 0 Å². The molecule has 0 heterocycles. The van der Waals surface area contributed by atoms with E-state index in [0.717, 1.165) is 11.1 Å². The van der Waals surface area contributed by atoms with Gasteiger partial charge in [0.2, 0.25) is 0 Å². The smallest absolute Gasteiger partial charge is 0.407 e. The second kappa shape index (κ2) is 7.81. The molecule has 0 saturated carbocycles. The Balaban J connectivity index is 1.60. The summed E-state index contributed by atoms with van der Waals surface area (Å²) in [7, 11) is 0. The van der Waals surface area contributed by atoms with Gasteiger partial charge < -0.3 is 10.1 Å². The first-order chi connectivity index (χ1) is 12.2. The lowest BCUT2D eigenvalue weighted by Crippen LogP contribution is -2.37. The normalized spacial score (nSPS) is 12.2. The van der Waals surface area contributed by atoms with Crippen LogP contribution in [-0.2, 0) is 14.4 Å². The molecule has 25 heavy (non-hydrogen) atoms. The van der Waals surface area contributed by atoms with Gasteiger partial charge in [-0.3, -0.25) is 9.63 Å². The van der Waals surface area contributed by atoms with E-state index in [1.54, 1.807) is 6.92 Å². The molecular weight excluding hydrogens is 320 g/mol. The van der Waals surface area contributed by atoms with Crippen molar-refractivity contribution in [1.29, 1.82) is 0 Å². The zero-order chi connectivity index (χ0) is 17.6. The molecule has 0 spiro atoms. The van der Waals surface area contributed by atoms with Gasteiger partial charge in [-0.25, -0.2) is 10.3 Å². The quantitative estimate of drug-likeness (QED) is 0.793. The van der Waals surface area contributed by atoms with Crippen molar-refractivity contribution < 1.29 is 19.2 Å². The lowest BCUT2D eigenvalue weighted by Gasteiger charge is -2.14. The SMILES string of the molecule is CCONC(=O)CNC(=O)OCC1c2ccccc2-c2ccccc21. The molecule has 0 unspecified atom stereocenters. The summed E-state index contributed by atoms with van der Waals surface area (Å²) in [4.78, 5) is 28.0. The first-order valence-electron chi connectivity index (χ1n) is 8.20. The number of hydrogen-bond acceptors (Lipinski definition) is 4. The predicted molar refractivity (Wildman–Crippen MR) is 92.8 cm³/mol. The number of carbonyl (C=O) groups is 2. The second-order valence-electron chi connectivity index (χ2n) is 5.64. The second-order valence-corrected chi connectivity index (χ2v) is 5.64. The molecular formula is C19H20N2O4. The van der Waals surface area contributed by atoms with Crippen LogP contribution in [-0.4, -0.2) is 31.8 Å². The summed E-state index contributed by atoms with van der Waals surface area (Å²) in [5.41, 5.74) is 6.83. The molecule has 130 valence electrons. The van der Waals surface area contributed by atoms with Gasteiger partial charge in [0.15, 0.2) is 0 Å². The molecule has 2 aromatic carbocycles. The van der Waals surface area contributed by atoms with Crippen molar-refractivity contribution in [2.45, 2.75) is 12.8 Å². The predicted octanol–water partition coefficient (Wildman–Crippen LogP) is 2.59. The van der Waals surface area contributed by atoms with E-state index in [0.29, 0.717) is 6.61 Å². The number of benzene rings is 2. The molecule has 1 aliphatic rings. The maximum atomic E-state index is 11.8. The zero-order valence-corrected chi connectivity index (χ0v) is 14.0. The highest BCUT2D eigenvalue weighted by Gasteiger charge is 2.28. The molecule has 2 N–H and O–H groups in total. The van der Waals surface area contributed by atoms with Crippen molar-refractivity contribution >= 4 is 12.0 Å². The molecule has 0 aromatic heterocycles. The van der Waals surface area contributed by atoms with Crippen LogP contribution >= 0.6 is 0 Å². The Bertz CT molecular complexity index is 730. The van der Waals surface area contributed by atoms with Gasteiger partial charge in [0.25, 0.3) is 5.91 Å². The lowest BCUT2D eigenvalue weighted by atomic mass is 9.98. The molecule has 2 aromatic rings. The van der Waals surface area contributed by atoms with Crippen LogP contribution in [0.25, 0.3) is 11.1 Å².